The van der Waals surface area contributed by atoms with Gasteiger partial charge in [0.15, 0.2) is 6.29 Å². The van der Waals surface area contributed by atoms with E-state index >= 15 is 0 Å². The minimum Gasteiger partial charge on any atom is -0.366 e. The van der Waals surface area contributed by atoms with E-state index in [4.69, 9.17) is 16.3 Å². The van der Waals surface area contributed by atoms with Crippen molar-refractivity contribution in [2.75, 3.05) is 24.6 Å². The molecule has 0 amide bonds. The van der Waals surface area contributed by atoms with Crippen molar-refractivity contribution in [1.82, 2.24) is 14.5 Å². The quantitative estimate of drug-likeness (QED) is 0.476. The summed E-state index contributed by atoms with van der Waals surface area (Å²) in [6, 6.07) is 10.1. The van der Waals surface area contributed by atoms with Gasteiger partial charge in [-0.15, -0.1) is 0 Å². The van der Waals surface area contributed by atoms with Crippen LogP contribution in [0.3, 0.4) is 0 Å². The van der Waals surface area contributed by atoms with Crippen LogP contribution in [-0.4, -0.2) is 45.6 Å². The number of aliphatic hydroxyl groups is 1. The maximum Gasteiger partial charge on any atom is 0.251 e. The van der Waals surface area contributed by atoms with Crippen LogP contribution in [0, 0.1) is 5.82 Å². The van der Waals surface area contributed by atoms with E-state index in [9.17, 15) is 14.3 Å². The van der Waals surface area contributed by atoms with Gasteiger partial charge in [0.1, 0.15) is 11.5 Å². The molecule has 5 rings (SSSR count). The van der Waals surface area contributed by atoms with Crippen molar-refractivity contribution in [2.24, 2.45) is 0 Å². The van der Waals surface area contributed by atoms with Crippen molar-refractivity contribution in [1.29, 1.82) is 0 Å². The van der Waals surface area contributed by atoms with Crippen LogP contribution in [0.25, 0.3) is 22.2 Å². The number of anilines is 1. The number of aromatic amines is 1. The topological polar surface area (TPSA) is 83.4 Å². The summed E-state index contributed by atoms with van der Waals surface area (Å²) in [5.74, 6) is -0.519. The highest BCUT2D eigenvalue weighted by Gasteiger charge is 2.18. The van der Waals surface area contributed by atoms with Crippen LogP contribution >= 0.6 is 11.6 Å². The van der Waals surface area contributed by atoms with Gasteiger partial charge in [0.2, 0.25) is 0 Å². The molecule has 1 aliphatic heterocycles. The van der Waals surface area contributed by atoms with Gasteiger partial charge in [-0.05, 0) is 30.2 Å². The van der Waals surface area contributed by atoms with Crippen molar-refractivity contribution in [3.63, 3.8) is 0 Å². The first-order valence-electron chi connectivity index (χ1n) is 10.6. The highest BCUT2D eigenvalue weighted by Crippen LogP contribution is 2.30. The zero-order valence-corrected chi connectivity index (χ0v) is 18.4. The van der Waals surface area contributed by atoms with Gasteiger partial charge in [-0.1, -0.05) is 23.7 Å². The van der Waals surface area contributed by atoms with Gasteiger partial charge >= 0.3 is 0 Å². The fourth-order valence-electron chi connectivity index (χ4n) is 4.11. The number of ether oxygens (including phenoxy) is 1. The number of aliphatic hydroxyl groups excluding tert-OH is 1. The number of halogens is 2. The molecule has 7 nitrogen and oxygen atoms in total. The number of rotatable bonds is 4. The number of pyridine rings is 2. The standard InChI is InChI=1S/C24H22ClFN4O3/c25-20-4-1-3-16(23(20)26)13-30-7-5-15(9-21(30)31)19-12-28-24-18(19)10-17(11-27-24)29-6-2-8-33-22(32)14-29/h1,3-5,7,9-12,22,32H,2,6,8,13-14H2,(H,27,28). The second-order valence-corrected chi connectivity index (χ2v) is 8.42. The summed E-state index contributed by atoms with van der Waals surface area (Å²) in [5.41, 5.74) is 3.24. The first-order chi connectivity index (χ1) is 16.0. The molecule has 0 radical (unpaired) electrons. The molecule has 0 saturated carbocycles. The molecule has 4 heterocycles. The van der Waals surface area contributed by atoms with Crippen molar-refractivity contribution in [3.05, 3.63) is 81.7 Å². The van der Waals surface area contributed by atoms with E-state index in [1.807, 2.05) is 23.2 Å². The molecule has 4 aromatic rings. The summed E-state index contributed by atoms with van der Waals surface area (Å²) < 4.78 is 21.0. The normalized spacial score (nSPS) is 16.8. The van der Waals surface area contributed by atoms with Gasteiger partial charge < -0.3 is 24.3 Å². The Hall–Kier alpha value is -3.20. The molecule has 1 aliphatic rings. The maximum atomic E-state index is 14.3. The fraction of sp³-hybridized carbons (Fsp3) is 0.250. The van der Waals surface area contributed by atoms with Crippen LogP contribution in [0.15, 0.2) is 59.8 Å². The highest BCUT2D eigenvalue weighted by molar-refractivity contribution is 6.30. The lowest BCUT2D eigenvalue weighted by atomic mass is 10.1. The molecule has 1 atom stereocenters. The van der Waals surface area contributed by atoms with Gasteiger partial charge in [-0.3, -0.25) is 4.79 Å². The molecule has 0 bridgehead atoms. The van der Waals surface area contributed by atoms with E-state index in [2.05, 4.69) is 9.97 Å². The van der Waals surface area contributed by atoms with Crippen LogP contribution in [0.1, 0.15) is 12.0 Å². The summed E-state index contributed by atoms with van der Waals surface area (Å²) in [6.07, 6.45) is 5.19. The highest BCUT2D eigenvalue weighted by atomic mass is 35.5. The molecule has 3 aromatic heterocycles. The Labute approximate surface area is 194 Å². The number of hydrogen-bond donors (Lipinski definition) is 2. The van der Waals surface area contributed by atoms with Crippen molar-refractivity contribution in [3.8, 4) is 11.1 Å². The Balaban J connectivity index is 1.47. The Morgan fingerprint density at radius 2 is 2.18 bits per heavy atom. The van der Waals surface area contributed by atoms with E-state index in [0.29, 0.717) is 24.4 Å². The average Bonchev–Trinajstić information content (AvgIpc) is 3.11. The zero-order chi connectivity index (χ0) is 22.9. The third-order valence-corrected chi connectivity index (χ3v) is 6.11. The Morgan fingerprint density at radius 1 is 1.30 bits per heavy atom. The Bertz CT molecular complexity index is 1370. The molecular formula is C24H22ClFN4O3. The van der Waals surface area contributed by atoms with Crippen LogP contribution in [0.2, 0.25) is 5.02 Å². The van der Waals surface area contributed by atoms with Crippen LogP contribution < -0.4 is 10.5 Å². The van der Waals surface area contributed by atoms with Gasteiger partial charge in [0.05, 0.1) is 36.6 Å². The summed E-state index contributed by atoms with van der Waals surface area (Å²) in [6.45, 7) is 1.71. The van der Waals surface area contributed by atoms with Crippen LogP contribution in [0.4, 0.5) is 10.1 Å². The molecule has 0 spiro atoms. The molecule has 1 unspecified atom stereocenters. The van der Waals surface area contributed by atoms with E-state index in [1.165, 1.54) is 16.7 Å². The van der Waals surface area contributed by atoms with E-state index < -0.39 is 12.1 Å². The van der Waals surface area contributed by atoms with Crippen molar-refractivity contribution in [2.45, 2.75) is 19.3 Å². The average molecular weight is 469 g/mol. The molecule has 1 saturated heterocycles. The number of nitrogens with one attached hydrogen (secondary N) is 1. The van der Waals surface area contributed by atoms with E-state index in [1.54, 1.807) is 24.5 Å². The lowest BCUT2D eigenvalue weighted by Gasteiger charge is -2.23. The van der Waals surface area contributed by atoms with Gasteiger partial charge in [-0.25, -0.2) is 9.37 Å². The van der Waals surface area contributed by atoms with Gasteiger partial charge in [-0.2, -0.15) is 0 Å². The predicted molar refractivity (Wildman–Crippen MR) is 125 cm³/mol. The summed E-state index contributed by atoms with van der Waals surface area (Å²) in [7, 11) is 0. The lowest BCUT2D eigenvalue weighted by molar-refractivity contribution is -0.0850. The maximum absolute atomic E-state index is 14.3. The molecule has 170 valence electrons. The summed E-state index contributed by atoms with van der Waals surface area (Å²) in [4.78, 5) is 22.5. The SMILES string of the molecule is O=c1cc(-c2c[nH]c3ncc(N4CCCOC(O)C4)cc23)ccn1Cc1cccc(Cl)c1F. The smallest absolute Gasteiger partial charge is 0.251 e. The lowest BCUT2D eigenvalue weighted by Crippen LogP contribution is -2.31. The van der Waals surface area contributed by atoms with Crippen molar-refractivity contribution < 1.29 is 14.2 Å². The number of fused-ring (bicyclic) bond motifs is 1. The fourth-order valence-corrected chi connectivity index (χ4v) is 4.30. The molecule has 0 aliphatic carbocycles. The van der Waals surface area contributed by atoms with Crippen LogP contribution in [-0.2, 0) is 11.3 Å². The number of benzene rings is 1. The summed E-state index contributed by atoms with van der Waals surface area (Å²) in [5, 5.41) is 10.9. The number of nitrogens with zero attached hydrogens (tertiary/aromatic N) is 3. The van der Waals surface area contributed by atoms with Gasteiger partial charge in [0.25, 0.3) is 5.56 Å². The zero-order valence-electron chi connectivity index (χ0n) is 17.7. The largest absolute Gasteiger partial charge is 0.366 e. The number of β-amino-alcohol motifs (C(OH)–C–C–N with tert-alkyl or cyclic N) is 1. The summed E-state index contributed by atoms with van der Waals surface area (Å²) >= 11 is 5.86. The number of aromatic nitrogens is 3. The molecule has 33 heavy (non-hydrogen) atoms. The number of hydrogen-bond acceptors (Lipinski definition) is 5. The van der Waals surface area contributed by atoms with E-state index in [0.717, 1.165) is 35.2 Å². The third kappa shape index (κ3) is 4.37. The first kappa shape index (κ1) is 21.6. The van der Waals surface area contributed by atoms with Crippen molar-refractivity contribution >= 4 is 28.3 Å². The second kappa shape index (κ2) is 8.97. The Kier molecular flexibility index (Phi) is 5.88. The molecule has 1 aromatic carbocycles. The number of H-pyrrole nitrogens is 1. The molecule has 9 heteroatoms. The second-order valence-electron chi connectivity index (χ2n) is 8.01. The first-order valence-corrected chi connectivity index (χ1v) is 11.0. The predicted octanol–water partition coefficient (Wildman–Crippen LogP) is 3.78. The third-order valence-electron chi connectivity index (χ3n) is 5.82. The molecule has 1 fully saturated rings. The van der Waals surface area contributed by atoms with Crippen LogP contribution in [0.5, 0.6) is 0 Å². The van der Waals surface area contributed by atoms with E-state index in [-0.39, 0.29) is 17.1 Å². The minimum atomic E-state index is -0.842. The Morgan fingerprint density at radius 3 is 3.03 bits per heavy atom. The molecular weight excluding hydrogens is 447 g/mol. The molecule has 2 N–H and O–H groups in total. The minimum absolute atomic E-state index is 0.0303. The van der Waals surface area contributed by atoms with Gasteiger partial charge in [0, 0.05) is 41.5 Å². The monoisotopic (exact) mass is 468 g/mol.